The maximum absolute atomic E-state index is 3.85. The third-order valence-electron chi connectivity index (χ3n) is 2.13. The Kier molecular flexibility index (Phi) is 3.93. The van der Waals surface area contributed by atoms with Crippen LogP contribution >= 0.6 is 0 Å². The predicted octanol–water partition coefficient (Wildman–Crippen LogP) is 4.22. The molecule has 0 N–H and O–H groups in total. The molecular weight excluding hydrogens is 168 g/mol. The van der Waals surface area contributed by atoms with E-state index in [1.807, 2.05) is 37.3 Å². The molecule has 1 aromatic rings. The van der Waals surface area contributed by atoms with E-state index in [1.54, 1.807) is 0 Å². The SMILES string of the molecule is C=C/C(=C(C)/C=C\C)c1ccccc1. The van der Waals surface area contributed by atoms with Gasteiger partial charge >= 0.3 is 0 Å². The molecule has 0 amide bonds. The Morgan fingerprint density at radius 3 is 2.36 bits per heavy atom. The lowest BCUT2D eigenvalue weighted by Gasteiger charge is -2.04. The summed E-state index contributed by atoms with van der Waals surface area (Å²) in [5, 5.41) is 0. The lowest BCUT2D eigenvalue weighted by Crippen LogP contribution is -1.83. The highest BCUT2D eigenvalue weighted by molar-refractivity contribution is 5.77. The minimum Gasteiger partial charge on any atom is -0.0984 e. The van der Waals surface area contributed by atoms with Gasteiger partial charge in [0.25, 0.3) is 0 Å². The Morgan fingerprint density at radius 2 is 1.86 bits per heavy atom. The van der Waals surface area contributed by atoms with E-state index in [2.05, 4.69) is 31.7 Å². The van der Waals surface area contributed by atoms with Crippen molar-refractivity contribution < 1.29 is 0 Å². The van der Waals surface area contributed by atoms with Gasteiger partial charge in [0.1, 0.15) is 0 Å². The van der Waals surface area contributed by atoms with Crippen molar-refractivity contribution >= 4 is 5.57 Å². The first-order valence-corrected chi connectivity index (χ1v) is 4.81. The minimum absolute atomic E-state index is 1.20. The van der Waals surface area contributed by atoms with Crippen molar-refractivity contribution in [2.75, 3.05) is 0 Å². The monoisotopic (exact) mass is 184 g/mol. The number of allylic oxidation sites excluding steroid dienone is 5. The number of hydrogen-bond donors (Lipinski definition) is 0. The zero-order valence-corrected chi connectivity index (χ0v) is 8.83. The molecule has 0 heterocycles. The van der Waals surface area contributed by atoms with Crippen LogP contribution in [0.4, 0.5) is 0 Å². The highest BCUT2D eigenvalue weighted by Gasteiger charge is 1.98. The summed E-state index contributed by atoms with van der Waals surface area (Å²) >= 11 is 0. The average Bonchev–Trinajstić information content (AvgIpc) is 2.21. The van der Waals surface area contributed by atoms with Crippen LogP contribution in [-0.2, 0) is 0 Å². The maximum atomic E-state index is 3.85. The molecule has 0 saturated heterocycles. The van der Waals surface area contributed by atoms with Gasteiger partial charge in [-0.15, -0.1) is 0 Å². The van der Waals surface area contributed by atoms with E-state index >= 15 is 0 Å². The van der Waals surface area contributed by atoms with Crippen LogP contribution in [0.15, 0.2) is 60.7 Å². The first kappa shape index (κ1) is 10.5. The van der Waals surface area contributed by atoms with Crippen LogP contribution in [0.5, 0.6) is 0 Å². The van der Waals surface area contributed by atoms with Gasteiger partial charge in [0, 0.05) is 0 Å². The number of rotatable bonds is 3. The summed E-state index contributed by atoms with van der Waals surface area (Å²) in [6.07, 6.45) is 6.05. The lowest BCUT2D eigenvalue weighted by molar-refractivity contribution is 1.49. The van der Waals surface area contributed by atoms with Gasteiger partial charge in [0.05, 0.1) is 0 Å². The zero-order valence-electron chi connectivity index (χ0n) is 8.83. The normalized spacial score (nSPS) is 12.7. The maximum Gasteiger partial charge on any atom is -0.0161 e. The summed E-state index contributed by atoms with van der Waals surface area (Å²) in [4.78, 5) is 0. The molecule has 0 aliphatic rings. The highest BCUT2D eigenvalue weighted by Crippen LogP contribution is 2.19. The molecule has 0 saturated carbocycles. The molecular formula is C14H16. The molecule has 0 spiro atoms. The van der Waals surface area contributed by atoms with Crippen LogP contribution in [0.25, 0.3) is 5.57 Å². The van der Waals surface area contributed by atoms with Crippen molar-refractivity contribution in [1.29, 1.82) is 0 Å². The molecule has 0 heteroatoms. The van der Waals surface area contributed by atoms with Crippen LogP contribution < -0.4 is 0 Å². The molecule has 0 radical (unpaired) electrons. The summed E-state index contributed by atoms with van der Waals surface area (Å²) in [6.45, 7) is 7.97. The smallest absolute Gasteiger partial charge is 0.0161 e. The first-order chi connectivity index (χ1) is 6.79. The fraction of sp³-hybridized carbons (Fsp3) is 0.143. The van der Waals surface area contributed by atoms with Crippen molar-refractivity contribution in [2.45, 2.75) is 13.8 Å². The van der Waals surface area contributed by atoms with E-state index in [0.29, 0.717) is 0 Å². The van der Waals surface area contributed by atoms with Gasteiger partial charge in [-0.25, -0.2) is 0 Å². The Bertz CT molecular complexity index is 353. The molecule has 0 atom stereocenters. The molecule has 0 aliphatic heterocycles. The summed E-state index contributed by atoms with van der Waals surface area (Å²) in [5.74, 6) is 0. The van der Waals surface area contributed by atoms with E-state index in [1.165, 1.54) is 16.7 Å². The van der Waals surface area contributed by atoms with E-state index in [0.717, 1.165) is 0 Å². The molecule has 0 bridgehead atoms. The predicted molar refractivity (Wildman–Crippen MR) is 64.0 cm³/mol. The second-order valence-corrected chi connectivity index (χ2v) is 3.17. The molecule has 0 aromatic heterocycles. The topological polar surface area (TPSA) is 0 Å². The van der Waals surface area contributed by atoms with Gasteiger partial charge in [-0.2, -0.15) is 0 Å². The summed E-state index contributed by atoms with van der Waals surface area (Å²) in [7, 11) is 0. The zero-order chi connectivity index (χ0) is 10.4. The molecule has 0 aliphatic carbocycles. The standard InChI is InChI=1S/C14H16/c1-4-9-12(3)14(5-2)13-10-7-6-8-11-13/h4-11H,2H2,1,3H3/b9-4-,14-12-. The van der Waals surface area contributed by atoms with Crippen LogP contribution in [-0.4, -0.2) is 0 Å². The van der Waals surface area contributed by atoms with Crippen LogP contribution in [0.2, 0.25) is 0 Å². The highest BCUT2D eigenvalue weighted by atomic mass is 14.0. The third kappa shape index (κ3) is 2.46. The fourth-order valence-electron chi connectivity index (χ4n) is 1.46. The van der Waals surface area contributed by atoms with E-state index in [-0.39, 0.29) is 0 Å². The molecule has 72 valence electrons. The summed E-state index contributed by atoms with van der Waals surface area (Å²) in [6, 6.07) is 10.3. The van der Waals surface area contributed by atoms with Crippen molar-refractivity contribution in [3.63, 3.8) is 0 Å². The molecule has 14 heavy (non-hydrogen) atoms. The van der Waals surface area contributed by atoms with Gasteiger partial charge in [0.2, 0.25) is 0 Å². The molecule has 0 fully saturated rings. The largest absolute Gasteiger partial charge is 0.0984 e. The van der Waals surface area contributed by atoms with Crippen LogP contribution in [0.1, 0.15) is 19.4 Å². The summed E-state index contributed by atoms with van der Waals surface area (Å²) < 4.78 is 0. The third-order valence-corrected chi connectivity index (χ3v) is 2.13. The summed E-state index contributed by atoms with van der Waals surface area (Å²) in [5.41, 5.74) is 3.66. The van der Waals surface area contributed by atoms with Gasteiger partial charge in [-0.3, -0.25) is 0 Å². The van der Waals surface area contributed by atoms with E-state index in [4.69, 9.17) is 0 Å². The van der Waals surface area contributed by atoms with Crippen molar-refractivity contribution in [3.05, 3.63) is 66.3 Å². The lowest BCUT2D eigenvalue weighted by atomic mass is 10.0. The Labute approximate surface area is 86.3 Å². The van der Waals surface area contributed by atoms with Gasteiger partial charge in [-0.1, -0.05) is 55.1 Å². The second-order valence-electron chi connectivity index (χ2n) is 3.17. The quantitative estimate of drug-likeness (QED) is 0.617. The Morgan fingerprint density at radius 1 is 1.21 bits per heavy atom. The molecule has 1 rings (SSSR count). The molecule has 0 unspecified atom stereocenters. The minimum atomic E-state index is 1.20. The van der Waals surface area contributed by atoms with E-state index in [9.17, 15) is 0 Å². The first-order valence-electron chi connectivity index (χ1n) is 4.81. The van der Waals surface area contributed by atoms with Gasteiger partial charge in [-0.05, 0) is 30.6 Å². The fourth-order valence-corrected chi connectivity index (χ4v) is 1.46. The van der Waals surface area contributed by atoms with Crippen molar-refractivity contribution in [1.82, 2.24) is 0 Å². The Hall–Kier alpha value is -1.56. The van der Waals surface area contributed by atoms with E-state index < -0.39 is 0 Å². The van der Waals surface area contributed by atoms with Gasteiger partial charge in [0.15, 0.2) is 0 Å². The van der Waals surface area contributed by atoms with Crippen LogP contribution in [0, 0.1) is 0 Å². The van der Waals surface area contributed by atoms with Crippen molar-refractivity contribution in [2.24, 2.45) is 0 Å². The second kappa shape index (κ2) is 5.23. The van der Waals surface area contributed by atoms with Gasteiger partial charge < -0.3 is 0 Å². The van der Waals surface area contributed by atoms with Crippen LogP contribution in [0.3, 0.4) is 0 Å². The van der Waals surface area contributed by atoms with Crippen molar-refractivity contribution in [3.8, 4) is 0 Å². The number of benzene rings is 1. The Balaban J connectivity index is 3.17. The molecule has 0 nitrogen and oxygen atoms in total. The number of hydrogen-bond acceptors (Lipinski definition) is 0. The molecule has 1 aromatic carbocycles. The average molecular weight is 184 g/mol.